The molecule has 36 heavy (non-hydrogen) atoms. The van der Waals surface area contributed by atoms with Gasteiger partial charge in [-0.05, 0) is 48.0 Å². The van der Waals surface area contributed by atoms with Crippen LogP contribution in [0, 0.1) is 0 Å². The van der Waals surface area contributed by atoms with Crippen LogP contribution in [-0.4, -0.2) is 35.1 Å². The topological polar surface area (TPSA) is 148 Å². The number of anilines is 1. The Labute approximate surface area is 206 Å². The molecule has 0 bridgehead atoms. The van der Waals surface area contributed by atoms with Gasteiger partial charge in [0.15, 0.2) is 5.78 Å². The standard InChI is InChI=1S/C26H19N5O4S/c27-25(33)18-6-1-4-16(10-18)19-12-22-23(15-30-26(22)29-13-19)24(32)17-5-2-7-20(11-17)31-36(34,35)21-8-3-9-28-14-21/h1-15,31H,(H2,27,33)(H,29,30). The summed E-state index contributed by atoms with van der Waals surface area (Å²) >= 11 is 0. The van der Waals surface area contributed by atoms with Crippen molar-refractivity contribution < 1.29 is 18.0 Å². The summed E-state index contributed by atoms with van der Waals surface area (Å²) in [6.45, 7) is 0. The molecule has 0 aliphatic carbocycles. The number of primary amides is 1. The van der Waals surface area contributed by atoms with Gasteiger partial charge in [-0.2, -0.15) is 0 Å². The first-order chi connectivity index (χ1) is 17.3. The van der Waals surface area contributed by atoms with Gasteiger partial charge in [-0.25, -0.2) is 13.4 Å². The highest BCUT2D eigenvalue weighted by molar-refractivity contribution is 7.92. The van der Waals surface area contributed by atoms with Gasteiger partial charge in [0.2, 0.25) is 5.91 Å². The first-order valence-corrected chi connectivity index (χ1v) is 12.2. The van der Waals surface area contributed by atoms with E-state index in [0.717, 1.165) is 5.56 Å². The van der Waals surface area contributed by atoms with Crippen LogP contribution in [0.1, 0.15) is 26.3 Å². The fourth-order valence-corrected chi connectivity index (χ4v) is 4.81. The van der Waals surface area contributed by atoms with Crippen molar-refractivity contribution in [1.29, 1.82) is 0 Å². The predicted molar refractivity (Wildman–Crippen MR) is 135 cm³/mol. The number of fused-ring (bicyclic) bond motifs is 1. The van der Waals surface area contributed by atoms with Gasteiger partial charge in [0.1, 0.15) is 10.5 Å². The average molecular weight is 498 g/mol. The molecule has 0 unspecified atom stereocenters. The summed E-state index contributed by atoms with van der Waals surface area (Å²) in [4.78, 5) is 36.2. The quantitative estimate of drug-likeness (QED) is 0.292. The molecule has 4 N–H and O–H groups in total. The van der Waals surface area contributed by atoms with E-state index in [-0.39, 0.29) is 16.4 Å². The zero-order valence-corrected chi connectivity index (χ0v) is 19.5. The first kappa shape index (κ1) is 22.9. The Balaban J connectivity index is 1.48. The SMILES string of the molecule is NC(=O)c1cccc(-c2cnc3[nH]cc(C(=O)c4cccc(NS(=O)(=O)c5cccnc5)c4)c3c2)c1. The smallest absolute Gasteiger partial charge is 0.263 e. The van der Waals surface area contributed by atoms with E-state index in [9.17, 15) is 18.0 Å². The number of carbonyl (C=O) groups is 2. The minimum Gasteiger partial charge on any atom is -0.366 e. The number of hydrogen-bond acceptors (Lipinski definition) is 6. The molecule has 0 radical (unpaired) electrons. The van der Waals surface area contributed by atoms with Gasteiger partial charge >= 0.3 is 0 Å². The van der Waals surface area contributed by atoms with Gasteiger partial charge in [0, 0.05) is 58.1 Å². The zero-order valence-electron chi connectivity index (χ0n) is 18.7. The maximum atomic E-state index is 13.4. The third-order valence-electron chi connectivity index (χ3n) is 5.58. The van der Waals surface area contributed by atoms with Crippen LogP contribution < -0.4 is 10.5 Å². The number of nitrogens with two attached hydrogens (primary N) is 1. The van der Waals surface area contributed by atoms with Crippen molar-refractivity contribution in [3.05, 3.63) is 108 Å². The van der Waals surface area contributed by atoms with Crippen molar-refractivity contribution in [1.82, 2.24) is 15.0 Å². The van der Waals surface area contributed by atoms with Gasteiger partial charge in [0.25, 0.3) is 10.0 Å². The van der Waals surface area contributed by atoms with Crippen LogP contribution in [0.3, 0.4) is 0 Å². The number of ketones is 1. The molecule has 0 atom stereocenters. The Bertz CT molecular complexity index is 1730. The Hall–Kier alpha value is -4.83. The van der Waals surface area contributed by atoms with Gasteiger partial charge in [0.05, 0.1) is 0 Å². The monoisotopic (exact) mass is 497 g/mol. The molecule has 178 valence electrons. The van der Waals surface area contributed by atoms with Crippen molar-refractivity contribution >= 4 is 38.4 Å². The lowest BCUT2D eigenvalue weighted by Crippen LogP contribution is -2.13. The van der Waals surface area contributed by atoms with Crippen molar-refractivity contribution in [2.24, 2.45) is 5.73 Å². The van der Waals surface area contributed by atoms with E-state index in [1.165, 1.54) is 30.6 Å². The van der Waals surface area contributed by atoms with Crippen LogP contribution in [0.15, 0.2) is 96.4 Å². The number of benzene rings is 2. The molecule has 0 spiro atoms. The van der Waals surface area contributed by atoms with Crippen LogP contribution in [0.4, 0.5) is 5.69 Å². The van der Waals surface area contributed by atoms with Crippen LogP contribution in [0.2, 0.25) is 0 Å². The third kappa shape index (κ3) is 4.44. The van der Waals surface area contributed by atoms with E-state index < -0.39 is 15.9 Å². The van der Waals surface area contributed by atoms with Crippen molar-refractivity contribution in [2.45, 2.75) is 4.90 Å². The van der Waals surface area contributed by atoms with E-state index in [1.807, 2.05) is 6.07 Å². The Kier molecular flexibility index (Phi) is 5.79. The number of amides is 1. The summed E-state index contributed by atoms with van der Waals surface area (Å²) in [5.74, 6) is -0.851. The van der Waals surface area contributed by atoms with E-state index in [1.54, 1.807) is 54.9 Å². The zero-order chi connectivity index (χ0) is 25.3. The van der Waals surface area contributed by atoms with Crippen molar-refractivity contribution in [3.63, 3.8) is 0 Å². The van der Waals surface area contributed by atoms with E-state index in [4.69, 9.17) is 5.73 Å². The molecule has 3 heterocycles. The van der Waals surface area contributed by atoms with Gasteiger partial charge in [-0.3, -0.25) is 19.3 Å². The van der Waals surface area contributed by atoms with Crippen LogP contribution in [0.5, 0.6) is 0 Å². The van der Waals surface area contributed by atoms with E-state index in [0.29, 0.717) is 33.3 Å². The summed E-state index contributed by atoms with van der Waals surface area (Å²) in [6, 6.07) is 17.8. The Morgan fingerprint density at radius 1 is 0.889 bits per heavy atom. The lowest BCUT2D eigenvalue weighted by molar-refractivity contribution is 0.0998. The number of nitrogens with zero attached hydrogens (tertiary/aromatic N) is 2. The fourth-order valence-electron chi connectivity index (χ4n) is 3.80. The number of aromatic amines is 1. The highest BCUT2D eigenvalue weighted by atomic mass is 32.2. The van der Waals surface area contributed by atoms with Gasteiger partial charge in [-0.1, -0.05) is 24.3 Å². The minimum atomic E-state index is -3.86. The lowest BCUT2D eigenvalue weighted by atomic mass is 10.00. The number of rotatable bonds is 7. The normalized spacial score (nSPS) is 11.3. The lowest BCUT2D eigenvalue weighted by Gasteiger charge is -2.09. The molecule has 5 rings (SSSR count). The molecule has 0 aliphatic heterocycles. The van der Waals surface area contributed by atoms with E-state index >= 15 is 0 Å². The number of H-pyrrole nitrogens is 1. The highest BCUT2D eigenvalue weighted by Gasteiger charge is 2.18. The Morgan fingerprint density at radius 2 is 1.69 bits per heavy atom. The molecule has 0 aliphatic rings. The van der Waals surface area contributed by atoms with Crippen molar-refractivity contribution in [3.8, 4) is 11.1 Å². The largest absolute Gasteiger partial charge is 0.366 e. The van der Waals surface area contributed by atoms with Crippen LogP contribution in [0.25, 0.3) is 22.2 Å². The maximum Gasteiger partial charge on any atom is 0.263 e. The van der Waals surface area contributed by atoms with Gasteiger partial charge < -0.3 is 10.7 Å². The summed E-state index contributed by atoms with van der Waals surface area (Å²) in [5, 5.41) is 0.586. The molecule has 0 fully saturated rings. The third-order valence-corrected chi connectivity index (χ3v) is 6.94. The second-order valence-corrected chi connectivity index (χ2v) is 9.65. The molecule has 0 saturated carbocycles. The molecule has 3 aromatic heterocycles. The minimum absolute atomic E-state index is 0.0115. The van der Waals surface area contributed by atoms with E-state index in [2.05, 4.69) is 19.7 Å². The number of sulfonamides is 1. The van der Waals surface area contributed by atoms with Gasteiger partial charge in [-0.15, -0.1) is 0 Å². The highest BCUT2D eigenvalue weighted by Crippen LogP contribution is 2.27. The average Bonchev–Trinajstić information content (AvgIpc) is 3.32. The number of carbonyl (C=O) groups excluding carboxylic acids is 2. The van der Waals surface area contributed by atoms with Crippen LogP contribution >= 0.6 is 0 Å². The molecular weight excluding hydrogens is 478 g/mol. The molecular formula is C26H19N5O4S. The fraction of sp³-hybridized carbons (Fsp3) is 0. The second-order valence-electron chi connectivity index (χ2n) is 7.97. The number of aromatic nitrogens is 3. The summed E-state index contributed by atoms with van der Waals surface area (Å²) in [5.41, 5.74) is 8.62. The molecule has 10 heteroatoms. The maximum absolute atomic E-state index is 13.4. The molecule has 1 amide bonds. The van der Waals surface area contributed by atoms with Crippen molar-refractivity contribution in [2.75, 3.05) is 4.72 Å². The summed E-state index contributed by atoms with van der Waals surface area (Å²) in [7, 11) is -3.86. The summed E-state index contributed by atoms with van der Waals surface area (Å²) < 4.78 is 27.8. The molecule has 5 aromatic rings. The summed E-state index contributed by atoms with van der Waals surface area (Å²) in [6.07, 6.45) is 5.93. The second kappa shape index (κ2) is 9.08. The first-order valence-electron chi connectivity index (χ1n) is 10.8. The molecule has 0 saturated heterocycles. The molecule has 2 aromatic carbocycles. The Morgan fingerprint density at radius 3 is 2.47 bits per heavy atom. The number of hydrogen-bond donors (Lipinski definition) is 3. The number of pyridine rings is 2. The number of nitrogens with one attached hydrogen (secondary N) is 2. The molecule has 9 nitrogen and oxygen atoms in total. The van der Waals surface area contributed by atoms with Crippen LogP contribution in [-0.2, 0) is 10.0 Å². The predicted octanol–water partition coefficient (Wildman–Crippen LogP) is 3.76.